The van der Waals surface area contributed by atoms with Crippen molar-refractivity contribution in [2.75, 3.05) is 25.9 Å². The van der Waals surface area contributed by atoms with E-state index in [9.17, 15) is 16.8 Å². The van der Waals surface area contributed by atoms with E-state index in [2.05, 4.69) is 15.0 Å². The smallest absolute Gasteiger partial charge is 0.216 e. The fraction of sp³-hybridized carbons (Fsp3) is 0.632. The van der Waals surface area contributed by atoms with E-state index < -0.39 is 24.6 Å². The summed E-state index contributed by atoms with van der Waals surface area (Å²) in [5, 5.41) is 3.25. The molecule has 11 heteroatoms. The van der Waals surface area contributed by atoms with Gasteiger partial charge in [-0.05, 0) is 38.8 Å². The van der Waals surface area contributed by atoms with E-state index in [1.807, 2.05) is 23.1 Å². The molecule has 1 aliphatic rings. The van der Waals surface area contributed by atoms with Gasteiger partial charge in [0.1, 0.15) is 0 Å². The second kappa shape index (κ2) is 10.6. The molecule has 0 saturated carbocycles. The predicted octanol–water partition coefficient (Wildman–Crippen LogP) is 1.72. The van der Waals surface area contributed by atoms with Crippen molar-refractivity contribution in [3.8, 4) is 0 Å². The van der Waals surface area contributed by atoms with Crippen LogP contribution >= 0.6 is 24.0 Å². The molecule has 2 rings (SSSR count). The van der Waals surface area contributed by atoms with Crippen molar-refractivity contribution >= 4 is 49.8 Å². The topological polar surface area (TPSA) is 108 Å². The van der Waals surface area contributed by atoms with Crippen LogP contribution in [0.1, 0.15) is 38.8 Å². The number of guanidine groups is 1. The third-order valence-corrected chi connectivity index (χ3v) is 8.93. The first kappa shape index (κ1) is 27.1. The van der Waals surface area contributed by atoms with Gasteiger partial charge in [0.2, 0.25) is 10.0 Å². The van der Waals surface area contributed by atoms with E-state index in [4.69, 9.17) is 0 Å². The van der Waals surface area contributed by atoms with Crippen molar-refractivity contribution in [1.29, 1.82) is 0 Å². The molecule has 1 saturated heterocycles. The zero-order valence-electron chi connectivity index (χ0n) is 18.2. The standard InChI is InChI=1S/C19H32N4O4S2.HI/c1-15(2)22-29(26,27)13-17-9-7-6-8-16(17)12-21-18(20-5)23-10-11-28(24,25)19(3,4)14-23;/h6-9,15,22H,10-14H2,1-5H3,(H,20,21);1H. The van der Waals surface area contributed by atoms with Crippen LogP contribution in [0.4, 0.5) is 0 Å². The van der Waals surface area contributed by atoms with Crippen LogP contribution in [0.2, 0.25) is 0 Å². The lowest BCUT2D eigenvalue weighted by atomic mass is 10.1. The summed E-state index contributed by atoms with van der Waals surface area (Å²) in [7, 11) is -4.92. The maximum Gasteiger partial charge on any atom is 0.216 e. The molecule has 0 radical (unpaired) electrons. The molecule has 0 unspecified atom stereocenters. The van der Waals surface area contributed by atoms with Crippen LogP contribution in [0, 0.1) is 0 Å². The van der Waals surface area contributed by atoms with Gasteiger partial charge in [-0.1, -0.05) is 24.3 Å². The molecule has 0 spiro atoms. The van der Waals surface area contributed by atoms with E-state index in [0.717, 1.165) is 5.56 Å². The van der Waals surface area contributed by atoms with Crippen LogP contribution in [0.25, 0.3) is 0 Å². The number of nitrogens with zero attached hydrogens (tertiary/aromatic N) is 2. The molecule has 2 N–H and O–H groups in total. The number of hydrogen-bond acceptors (Lipinski definition) is 5. The average molecular weight is 573 g/mol. The molecule has 0 aromatic heterocycles. The number of sulfone groups is 1. The molecular weight excluding hydrogens is 539 g/mol. The van der Waals surface area contributed by atoms with Gasteiger partial charge in [-0.25, -0.2) is 21.6 Å². The predicted molar refractivity (Wildman–Crippen MR) is 132 cm³/mol. The zero-order chi connectivity index (χ0) is 21.9. The molecule has 1 aromatic rings. The third kappa shape index (κ3) is 7.06. The van der Waals surface area contributed by atoms with Gasteiger partial charge < -0.3 is 10.2 Å². The van der Waals surface area contributed by atoms with Crippen molar-refractivity contribution in [3.63, 3.8) is 0 Å². The maximum absolute atomic E-state index is 12.3. The minimum Gasteiger partial charge on any atom is -0.352 e. The highest BCUT2D eigenvalue weighted by Crippen LogP contribution is 2.23. The van der Waals surface area contributed by atoms with Crippen LogP contribution in [0.15, 0.2) is 29.3 Å². The van der Waals surface area contributed by atoms with E-state index in [1.165, 1.54) is 0 Å². The summed E-state index contributed by atoms with van der Waals surface area (Å²) in [6.45, 7) is 8.14. The van der Waals surface area contributed by atoms with Gasteiger partial charge in [-0.2, -0.15) is 0 Å². The number of benzene rings is 1. The van der Waals surface area contributed by atoms with Gasteiger partial charge in [-0.15, -0.1) is 24.0 Å². The molecule has 1 aliphatic heterocycles. The van der Waals surface area contributed by atoms with Crippen molar-refractivity contribution in [2.24, 2.45) is 4.99 Å². The number of sulfonamides is 1. The number of aliphatic imine (C=N–C) groups is 1. The Morgan fingerprint density at radius 2 is 1.83 bits per heavy atom. The quantitative estimate of drug-likeness (QED) is 0.306. The van der Waals surface area contributed by atoms with E-state index in [0.29, 0.717) is 31.2 Å². The van der Waals surface area contributed by atoms with Gasteiger partial charge >= 0.3 is 0 Å². The molecule has 0 atom stereocenters. The molecule has 1 fully saturated rings. The van der Waals surface area contributed by atoms with Crippen molar-refractivity contribution in [1.82, 2.24) is 14.9 Å². The first-order valence-electron chi connectivity index (χ1n) is 9.61. The lowest BCUT2D eigenvalue weighted by molar-refractivity contribution is 0.353. The third-order valence-electron chi connectivity index (χ3n) is 4.87. The van der Waals surface area contributed by atoms with Gasteiger partial charge in [0.15, 0.2) is 15.8 Å². The van der Waals surface area contributed by atoms with E-state index in [-0.39, 0.29) is 41.5 Å². The highest BCUT2D eigenvalue weighted by atomic mass is 127. The van der Waals surface area contributed by atoms with Gasteiger partial charge in [0, 0.05) is 32.7 Å². The Balaban J connectivity index is 0.00000450. The van der Waals surface area contributed by atoms with Crippen molar-refractivity contribution < 1.29 is 16.8 Å². The van der Waals surface area contributed by atoms with Crippen LogP contribution in [0.5, 0.6) is 0 Å². The van der Waals surface area contributed by atoms with Crippen LogP contribution < -0.4 is 10.0 Å². The maximum atomic E-state index is 12.3. The van der Waals surface area contributed by atoms with Crippen LogP contribution in [0.3, 0.4) is 0 Å². The Labute approximate surface area is 197 Å². The molecule has 0 bridgehead atoms. The Kier molecular flexibility index (Phi) is 9.58. The largest absolute Gasteiger partial charge is 0.352 e. The summed E-state index contributed by atoms with van der Waals surface area (Å²) in [6, 6.07) is 7.20. The normalized spacial score (nSPS) is 18.7. The first-order chi connectivity index (χ1) is 13.4. The van der Waals surface area contributed by atoms with Crippen LogP contribution in [-0.4, -0.2) is 64.4 Å². The lowest BCUT2D eigenvalue weighted by Crippen LogP contribution is -2.57. The van der Waals surface area contributed by atoms with Gasteiger partial charge in [0.05, 0.1) is 16.3 Å². The summed E-state index contributed by atoms with van der Waals surface area (Å²) in [4.78, 5) is 6.22. The Bertz CT molecular complexity index is 961. The highest BCUT2D eigenvalue weighted by Gasteiger charge is 2.40. The van der Waals surface area contributed by atoms with Gasteiger partial charge in [-0.3, -0.25) is 4.99 Å². The minimum absolute atomic E-state index is 0. The Morgan fingerprint density at radius 3 is 2.37 bits per heavy atom. The second-order valence-electron chi connectivity index (χ2n) is 8.20. The molecule has 0 aliphatic carbocycles. The SMILES string of the molecule is CN=C(NCc1ccccc1CS(=O)(=O)NC(C)C)N1CCS(=O)(=O)C(C)(C)C1.I. The summed E-state index contributed by atoms with van der Waals surface area (Å²) >= 11 is 0. The van der Waals surface area contributed by atoms with Crippen molar-refractivity contribution in [2.45, 2.75) is 50.8 Å². The molecule has 172 valence electrons. The first-order valence-corrected chi connectivity index (χ1v) is 12.9. The molecule has 1 aromatic carbocycles. The second-order valence-corrected chi connectivity index (χ2v) is 12.7. The zero-order valence-corrected chi connectivity index (χ0v) is 22.1. The average Bonchev–Trinajstić information content (AvgIpc) is 2.58. The van der Waals surface area contributed by atoms with E-state index >= 15 is 0 Å². The molecule has 1 heterocycles. The van der Waals surface area contributed by atoms with E-state index in [1.54, 1.807) is 40.8 Å². The Hall–Kier alpha value is -0.920. The minimum atomic E-state index is -3.43. The molecular formula is C19H33IN4O4S2. The highest BCUT2D eigenvalue weighted by molar-refractivity contribution is 14.0. The summed E-state index contributed by atoms with van der Waals surface area (Å²) in [6.07, 6.45) is 0. The van der Waals surface area contributed by atoms with Crippen LogP contribution in [-0.2, 0) is 32.2 Å². The molecule has 0 amide bonds. The molecule has 30 heavy (non-hydrogen) atoms. The Morgan fingerprint density at radius 1 is 1.23 bits per heavy atom. The number of nitrogens with one attached hydrogen (secondary N) is 2. The fourth-order valence-corrected chi connectivity index (χ4v) is 6.17. The number of hydrogen-bond donors (Lipinski definition) is 2. The van der Waals surface area contributed by atoms with Crippen molar-refractivity contribution in [3.05, 3.63) is 35.4 Å². The number of rotatable bonds is 6. The summed E-state index contributed by atoms with van der Waals surface area (Å²) in [5.74, 6) is 0.582. The lowest BCUT2D eigenvalue weighted by Gasteiger charge is -2.39. The summed E-state index contributed by atoms with van der Waals surface area (Å²) in [5.41, 5.74) is 1.57. The number of halogens is 1. The summed E-state index contributed by atoms with van der Waals surface area (Å²) < 4.78 is 50.9. The van der Waals surface area contributed by atoms with Gasteiger partial charge in [0.25, 0.3) is 0 Å². The molecule has 8 nitrogen and oxygen atoms in total. The monoisotopic (exact) mass is 572 g/mol. The fourth-order valence-electron chi connectivity index (χ4n) is 3.31.